The topological polar surface area (TPSA) is 58.6 Å². The van der Waals surface area contributed by atoms with Gasteiger partial charge in [0, 0.05) is 12.7 Å². The van der Waals surface area contributed by atoms with Gasteiger partial charge in [0.05, 0.1) is 13.2 Å². The minimum Gasteiger partial charge on any atom is -0.383 e. The van der Waals surface area contributed by atoms with Crippen LogP contribution in [0.2, 0.25) is 0 Å². The van der Waals surface area contributed by atoms with Gasteiger partial charge in [-0.05, 0) is 42.0 Å². The molecule has 0 radical (unpaired) electrons. The molecule has 0 fully saturated rings. The van der Waals surface area contributed by atoms with Crippen LogP contribution in [0.3, 0.4) is 0 Å². The van der Waals surface area contributed by atoms with Gasteiger partial charge in [0.1, 0.15) is 5.60 Å². The van der Waals surface area contributed by atoms with Crippen LogP contribution in [0.25, 0.3) is 0 Å². The highest BCUT2D eigenvalue weighted by Gasteiger charge is 2.34. The number of aliphatic hydroxyl groups is 1. The Morgan fingerprint density at radius 3 is 2.79 bits per heavy atom. The number of hydrogen-bond acceptors (Lipinski definition) is 3. The highest BCUT2D eigenvalue weighted by Crippen LogP contribution is 2.34. The van der Waals surface area contributed by atoms with Crippen LogP contribution in [0.1, 0.15) is 39.9 Å². The molecule has 0 aromatic heterocycles. The summed E-state index contributed by atoms with van der Waals surface area (Å²) >= 11 is 0. The molecule has 0 unspecified atom stereocenters. The highest BCUT2D eigenvalue weighted by molar-refractivity contribution is 5.95. The molecular weight excluding hydrogens is 302 g/mol. The smallest absolute Gasteiger partial charge is 0.251 e. The first kappa shape index (κ1) is 16.7. The number of hydrogen-bond donors (Lipinski definition) is 2. The van der Waals surface area contributed by atoms with Crippen LogP contribution < -0.4 is 5.32 Å². The molecule has 0 aliphatic heterocycles. The fourth-order valence-electron chi connectivity index (χ4n) is 3.43. The monoisotopic (exact) mass is 325 g/mol. The number of aryl methyl sites for hydroxylation is 1. The Bertz CT molecular complexity index is 728. The lowest BCUT2D eigenvalue weighted by molar-refractivity contribution is 0.0189. The van der Waals surface area contributed by atoms with Gasteiger partial charge >= 0.3 is 0 Å². The van der Waals surface area contributed by atoms with E-state index in [4.69, 9.17) is 4.74 Å². The van der Waals surface area contributed by atoms with Crippen LogP contribution in [0.15, 0.2) is 48.5 Å². The fraction of sp³-hybridized carbons (Fsp3) is 0.350. The predicted octanol–water partition coefficient (Wildman–Crippen LogP) is 2.79. The summed E-state index contributed by atoms with van der Waals surface area (Å²) in [5, 5.41) is 14.0. The molecule has 0 heterocycles. The van der Waals surface area contributed by atoms with E-state index in [-0.39, 0.29) is 12.5 Å². The summed E-state index contributed by atoms with van der Waals surface area (Å²) < 4.78 is 5.15. The lowest BCUT2D eigenvalue weighted by Crippen LogP contribution is -2.43. The van der Waals surface area contributed by atoms with Crippen molar-refractivity contribution in [2.75, 3.05) is 13.7 Å². The molecule has 24 heavy (non-hydrogen) atoms. The van der Waals surface area contributed by atoms with Crippen LogP contribution in [0.5, 0.6) is 0 Å². The van der Waals surface area contributed by atoms with Crippen molar-refractivity contribution in [2.24, 2.45) is 0 Å². The normalized spacial score (nSPS) is 19.6. The summed E-state index contributed by atoms with van der Waals surface area (Å²) in [6.07, 6.45) is 2.55. The Kier molecular flexibility index (Phi) is 4.97. The molecule has 0 saturated carbocycles. The molecule has 2 aromatic rings. The highest BCUT2D eigenvalue weighted by atomic mass is 16.5. The molecule has 2 N–H and O–H groups in total. The number of carbonyl (C=O) groups excluding carboxylic acids is 1. The largest absolute Gasteiger partial charge is 0.383 e. The summed E-state index contributed by atoms with van der Waals surface area (Å²) in [5.74, 6) is -0.181. The first-order valence-corrected chi connectivity index (χ1v) is 8.30. The number of amides is 1. The summed E-state index contributed by atoms with van der Waals surface area (Å²) in [5.41, 5.74) is 2.53. The summed E-state index contributed by atoms with van der Waals surface area (Å²) in [7, 11) is 1.61. The maximum atomic E-state index is 12.6. The zero-order chi connectivity index (χ0) is 17.0. The summed E-state index contributed by atoms with van der Waals surface area (Å²) in [6, 6.07) is 15.3. The van der Waals surface area contributed by atoms with Crippen molar-refractivity contribution in [1.29, 1.82) is 0 Å². The van der Waals surface area contributed by atoms with Gasteiger partial charge in [0.15, 0.2) is 0 Å². The average Bonchev–Trinajstić information content (AvgIpc) is 2.61. The van der Waals surface area contributed by atoms with Crippen LogP contribution in [0.4, 0.5) is 0 Å². The Morgan fingerprint density at radius 2 is 1.96 bits per heavy atom. The molecule has 0 spiro atoms. The minimum atomic E-state index is -0.999. The van der Waals surface area contributed by atoms with E-state index in [2.05, 4.69) is 11.4 Å². The molecule has 1 aliphatic rings. The number of fused-ring (bicyclic) bond motifs is 1. The van der Waals surface area contributed by atoms with Gasteiger partial charge in [-0.1, -0.05) is 42.5 Å². The standard InChI is InChI=1S/C20H23NO3/c1-24-13-16-8-2-4-10-17(16)19(22)21-14-20(23)12-6-9-15-7-3-5-11-18(15)20/h2-5,7-8,10-11,23H,6,9,12-14H2,1H3,(H,21,22)/t20-/m0/s1. The molecule has 1 aliphatic carbocycles. The van der Waals surface area contributed by atoms with Gasteiger partial charge in [-0.15, -0.1) is 0 Å². The van der Waals surface area contributed by atoms with Crippen molar-refractivity contribution in [2.45, 2.75) is 31.5 Å². The van der Waals surface area contributed by atoms with E-state index in [1.165, 1.54) is 5.56 Å². The van der Waals surface area contributed by atoms with Crippen LogP contribution in [-0.4, -0.2) is 24.7 Å². The molecule has 1 amide bonds. The van der Waals surface area contributed by atoms with Crippen molar-refractivity contribution in [3.8, 4) is 0 Å². The van der Waals surface area contributed by atoms with Gasteiger partial charge in [0.2, 0.25) is 0 Å². The van der Waals surface area contributed by atoms with E-state index in [1.54, 1.807) is 13.2 Å². The van der Waals surface area contributed by atoms with E-state index in [1.807, 2.05) is 36.4 Å². The number of benzene rings is 2. The maximum absolute atomic E-state index is 12.6. The van der Waals surface area contributed by atoms with Gasteiger partial charge in [-0.3, -0.25) is 4.79 Å². The molecular formula is C20H23NO3. The van der Waals surface area contributed by atoms with Crippen LogP contribution in [0, 0.1) is 0 Å². The summed E-state index contributed by atoms with van der Waals surface area (Å²) in [6.45, 7) is 0.598. The fourth-order valence-corrected chi connectivity index (χ4v) is 3.43. The molecule has 4 nitrogen and oxygen atoms in total. The number of rotatable bonds is 5. The Morgan fingerprint density at radius 1 is 1.21 bits per heavy atom. The minimum absolute atomic E-state index is 0.181. The van der Waals surface area contributed by atoms with Crippen molar-refractivity contribution < 1.29 is 14.6 Å². The molecule has 4 heteroatoms. The average molecular weight is 325 g/mol. The summed E-state index contributed by atoms with van der Waals surface area (Å²) in [4.78, 5) is 12.6. The first-order valence-electron chi connectivity index (χ1n) is 8.30. The lowest BCUT2D eigenvalue weighted by atomic mass is 9.79. The van der Waals surface area contributed by atoms with E-state index in [9.17, 15) is 9.90 Å². The van der Waals surface area contributed by atoms with Crippen molar-refractivity contribution in [1.82, 2.24) is 5.32 Å². The molecule has 0 saturated heterocycles. The zero-order valence-electron chi connectivity index (χ0n) is 13.9. The van der Waals surface area contributed by atoms with E-state index in [0.29, 0.717) is 18.6 Å². The molecule has 3 rings (SSSR count). The van der Waals surface area contributed by atoms with Gasteiger partial charge in [-0.25, -0.2) is 0 Å². The number of methoxy groups -OCH3 is 1. The number of ether oxygens (including phenoxy) is 1. The molecule has 0 bridgehead atoms. The third kappa shape index (κ3) is 3.35. The van der Waals surface area contributed by atoms with Gasteiger partial charge in [-0.2, -0.15) is 0 Å². The van der Waals surface area contributed by atoms with Gasteiger partial charge in [0.25, 0.3) is 5.91 Å². The van der Waals surface area contributed by atoms with Crippen LogP contribution >= 0.6 is 0 Å². The number of nitrogens with one attached hydrogen (secondary N) is 1. The second-order valence-electron chi connectivity index (χ2n) is 6.32. The van der Waals surface area contributed by atoms with Crippen molar-refractivity contribution in [3.63, 3.8) is 0 Å². The Labute approximate surface area is 142 Å². The SMILES string of the molecule is COCc1ccccc1C(=O)NC[C@@]1(O)CCCc2ccccc21. The third-order valence-electron chi connectivity index (χ3n) is 4.66. The third-order valence-corrected chi connectivity index (χ3v) is 4.66. The van der Waals surface area contributed by atoms with Crippen LogP contribution in [-0.2, 0) is 23.4 Å². The quantitative estimate of drug-likeness (QED) is 0.889. The van der Waals surface area contributed by atoms with E-state index in [0.717, 1.165) is 24.0 Å². The zero-order valence-corrected chi connectivity index (χ0v) is 13.9. The molecule has 2 aromatic carbocycles. The second-order valence-corrected chi connectivity index (χ2v) is 6.32. The predicted molar refractivity (Wildman–Crippen MR) is 92.8 cm³/mol. The second kappa shape index (κ2) is 7.16. The van der Waals surface area contributed by atoms with E-state index < -0.39 is 5.60 Å². The van der Waals surface area contributed by atoms with Gasteiger partial charge < -0.3 is 15.2 Å². The number of carbonyl (C=O) groups is 1. The lowest BCUT2D eigenvalue weighted by Gasteiger charge is -2.34. The van der Waals surface area contributed by atoms with Crippen molar-refractivity contribution >= 4 is 5.91 Å². The molecule has 1 atom stereocenters. The Hall–Kier alpha value is -2.17. The Balaban J connectivity index is 1.76. The maximum Gasteiger partial charge on any atom is 0.251 e. The first-order chi connectivity index (χ1) is 11.6. The van der Waals surface area contributed by atoms with E-state index >= 15 is 0 Å². The van der Waals surface area contributed by atoms with Crippen molar-refractivity contribution in [3.05, 3.63) is 70.8 Å². The molecule has 126 valence electrons.